The van der Waals surface area contributed by atoms with Crippen molar-refractivity contribution in [2.24, 2.45) is 0 Å². The van der Waals surface area contributed by atoms with Gasteiger partial charge in [0.05, 0.1) is 0 Å². The fraction of sp³-hybridized carbons (Fsp3) is 0.667. The van der Waals surface area contributed by atoms with Gasteiger partial charge in [-0.3, -0.25) is 14.4 Å². The second-order valence-corrected chi connectivity index (χ2v) is 4.43. The molecular formula is C9H14N2O4S. The molecule has 0 aromatic rings. The van der Waals surface area contributed by atoms with Crippen LogP contribution in [0.2, 0.25) is 0 Å². The van der Waals surface area contributed by atoms with Gasteiger partial charge in [0.25, 0.3) is 5.24 Å². The van der Waals surface area contributed by atoms with Gasteiger partial charge in [-0.1, -0.05) is 11.8 Å². The van der Waals surface area contributed by atoms with Gasteiger partial charge in [0.1, 0.15) is 6.04 Å². The Morgan fingerprint density at radius 2 is 2.25 bits per heavy atom. The van der Waals surface area contributed by atoms with Crippen molar-refractivity contribution in [3.63, 3.8) is 0 Å². The Balaban J connectivity index is 2.06. The monoisotopic (exact) mass is 246 g/mol. The predicted octanol–water partition coefficient (Wildman–Crippen LogP) is 0.182. The molecule has 1 heterocycles. The Labute approximate surface area is 97.2 Å². The molecule has 0 bridgehead atoms. The van der Waals surface area contributed by atoms with Crippen LogP contribution in [0.5, 0.6) is 0 Å². The lowest BCUT2D eigenvalue weighted by Gasteiger charge is -2.09. The number of carboxylic acids is 1. The predicted molar refractivity (Wildman–Crippen MR) is 59.3 cm³/mol. The number of nitrogens with one attached hydrogen (secondary N) is 2. The molecule has 1 aliphatic heterocycles. The fourth-order valence-corrected chi connectivity index (χ4v) is 2.04. The molecule has 0 aromatic heterocycles. The summed E-state index contributed by atoms with van der Waals surface area (Å²) in [5.74, 6) is -0.570. The van der Waals surface area contributed by atoms with Crippen molar-refractivity contribution in [2.75, 3.05) is 12.3 Å². The van der Waals surface area contributed by atoms with Crippen LogP contribution < -0.4 is 10.6 Å². The molecule has 1 rings (SSSR count). The van der Waals surface area contributed by atoms with Crippen LogP contribution in [0.1, 0.15) is 19.3 Å². The van der Waals surface area contributed by atoms with E-state index in [1.54, 1.807) is 0 Å². The fourth-order valence-electron chi connectivity index (χ4n) is 1.26. The topological polar surface area (TPSA) is 95.5 Å². The second-order valence-electron chi connectivity index (χ2n) is 3.44. The summed E-state index contributed by atoms with van der Waals surface area (Å²) in [7, 11) is 0. The SMILES string of the molecule is O=C(O)CCCCNC(=O)C1CSC(=O)N1. The maximum atomic E-state index is 11.4. The second kappa shape index (κ2) is 6.37. The third kappa shape index (κ3) is 4.52. The molecule has 1 atom stereocenters. The van der Waals surface area contributed by atoms with E-state index in [1.807, 2.05) is 0 Å². The van der Waals surface area contributed by atoms with Crippen LogP contribution in [0.15, 0.2) is 0 Å². The molecule has 3 N–H and O–H groups in total. The Morgan fingerprint density at radius 3 is 2.81 bits per heavy atom. The lowest BCUT2D eigenvalue weighted by molar-refractivity contribution is -0.137. The molecular weight excluding hydrogens is 232 g/mol. The van der Waals surface area contributed by atoms with Crippen LogP contribution >= 0.6 is 11.8 Å². The summed E-state index contributed by atoms with van der Waals surface area (Å²) in [5, 5.41) is 13.4. The Hall–Kier alpha value is -1.24. The first-order chi connectivity index (χ1) is 7.59. The summed E-state index contributed by atoms with van der Waals surface area (Å²) in [6.07, 6.45) is 1.29. The highest BCUT2D eigenvalue weighted by Gasteiger charge is 2.27. The summed E-state index contributed by atoms with van der Waals surface area (Å²) >= 11 is 1.09. The van der Waals surface area contributed by atoms with Crippen LogP contribution in [0, 0.1) is 0 Å². The molecule has 2 amide bonds. The molecule has 90 valence electrons. The highest BCUT2D eigenvalue weighted by molar-refractivity contribution is 8.14. The van der Waals surface area contributed by atoms with Crippen molar-refractivity contribution >= 4 is 28.9 Å². The van der Waals surface area contributed by atoms with Crippen LogP contribution in [0.3, 0.4) is 0 Å². The van der Waals surface area contributed by atoms with Gasteiger partial charge in [-0.05, 0) is 12.8 Å². The van der Waals surface area contributed by atoms with E-state index in [2.05, 4.69) is 10.6 Å². The summed E-state index contributed by atoms with van der Waals surface area (Å²) in [6.45, 7) is 0.448. The van der Waals surface area contributed by atoms with Crippen LogP contribution in [-0.4, -0.2) is 40.6 Å². The van der Waals surface area contributed by atoms with E-state index in [-0.39, 0.29) is 17.6 Å². The van der Waals surface area contributed by atoms with E-state index in [4.69, 9.17) is 5.11 Å². The zero-order chi connectivity index (χ0) is 12.0. The summed E-state index contributed by atoms with van der Waals surface area (Å²) in [5.41, 5.74) is 0. The standard InChI is InChI=1S/C9H14N2O4S/c12-7(13)3-1-2-4-10-8(14)6-5-16-9(15)11-6/h6H,1-5H2,(H,10,14)(H,11,15)(H,12,13). The number of rotatable bonds is 6. The zero-order valence-electron chi connectivity index (χ0n) is 8.69. The highest BCUT2D eigenvalue weighted by atomic mass is 32.2. The smallest absolute Gasteiger partial charge is 0.303 e. The van der Waals surface area contributed by atoms with Crippen molar-refractivity contribution in [2.45, 2.75) is 25.3 Å². The normalized spacial score (nSPS) is 19.2. The number of carboxylic acid groups (broad SMARTS) is 1. The van der Waals surface area contributed by atoms with Gasteiger partial charge in [0.15, 0.2) is 0 Å². The van der Waals surface area contributed by atoms with E-state index < -0.39 is 12.0 Å². The minimum atomic E-state index is -0.828. The molecule has 0 aliphatic carbocycles. The van der Waals surface area contributed by atoms with Crippen LogP contribution in [0.4, 0.5) is 4.79 Å². The van der Waals surface area contributed by atoms with Crippen LogP contribution in [-0.2, 0) is 9.59 Å². The number of hydrogen-bond donors (Lipinski definition) is 3. The minimum Gasteiger partial charge on any atom is -0.481 e. The minimum absolute atomic E-state index is 0.117. The van der Waals surface area contributed by atoms with Gasteiger partial charge >= 0.3 is 5.97 Å². The third-order valence-corrected chi connectivity index (χ3v) is 2.99. The number of unbranched alkanes of at least 4 members (excludes halogenated alkanes) is 1. The largest absolute Gasteiger partial charge is 0.481 e. The molecule has 0 spiro atoms. The van der Waals surface area contributed by atoms with Gasteiger partial charge in [-0.25, -0.2) is 0 Å². The molecule has 1 aliphatic rings. The first-order valence-corrected chi connectivity index (χ1v) is 6.01. The lowest BCUT2D eigenvalue weighted by atomic mass is 10.2. The van der Waals surface area contributed by atoms with E-state index in [1.165, 1.54) is 0 Å². The van der Waals surface area contributed by atoms with Crippen molar-refractivity contribution in [3.8, 4) is 0 Å². The van der Waals surface area contributed by atoms with E-state index in [9.17, 15) is 14.4 Å². The first-order valence-electron chi connectivity index (χ1n) is 5.02. The van der Waals surface area contributed by atoms with Gasteiger partial charge in [0, 0.05) is 18.7 Å². The molecule has 1 unspecified atom stereocenters. The molecule has 16 heavy (non-hydrogen) atoms. The highest BCUT2D eigenvalue weighted by Crippen LogP contribution is 2.12. The Kier molecular flexibility index (Phi) is 5.10. The van der Waals surface area contributed by atoms with Crippen molar-refractivity contribution < 1.29 is 19.5 Å². The van der Waals surface area contributed by atoms with Gasteiger partial charge in [-0.2, -0.15) is 0 Å². The van der Waals surface area contributed by atoms with Crippen molar-refractivity contribution in [1.29, 1.82) is 0 Å². The number of hydrogen-bond acceptors (Lipinski definition) is 4. The maximum absolute atomic E-state index is 11.4. The number of aliphatic carboxylic acids is 1. The summed E-state index contributed by atoms with van der Waals surface area (Å²) in [4.78, 5) is 32.5. The first kappa shape index (κ1) is 12.8. The third-order valence-electron chi connectivity index (χ3n) is 2.11. The quantitative estimate of drug-likeness (QED) is 0.581. The van der Waals surface area contributed by atoms with Gasteiger partial charge < -0.3 is 15.7 Å². The maximum Gasteiger partial charge on any atom is 0.303 e. The molecule has 1 saturated heterocycles. The number of carbonyl (C=O) groups excluding carboxylic acids is 2. The Bertz CT molecular complexity index is 295. The van der Waals surface area contributed by atoms with E-state index >= 15 is 0 Å². The molecule has 1 fully saturated rings. The average Bonchev–Trinajstić information content (AvgIpc) is 2.63. The molecule has 0 aromatic carbocycles. The van der Waals surface area contributed by atoms with Crippen LogP contribution in [0.25, 0.3) is 0 Å². The van der Waals surface area contributed by atoms with Crippen molar-refractivity contribution in [1.82, 2.24) is 10.6 Å². The molecule has 0 radical (unpaired) electrons. The van der Waals surface area contributed by atoms with Crippen molar-refractivity contribution in [3.05, 3.63) is 0 Å². The summed E-state index contributed by atoms with van der Waals surface area (Å²) < 4.78 is 0. The van der Waals surface area contributed by atoms with E-state index in [0.29, 0.717) is 25.1 Å². The molecule has 0 saturated carbocycles. The molecule has 6 nitrogen and oxygen atoms in total. The lowest BCUT2D eigenvalue weighted by Crippen LogP contribution is -2.43. The average molecular weight is 246 g/mol. The number of amides is 2. The Morgan fingerprint density at radius 1 is 1.50 bits per heavy atom. The molecule has 7 heteroatoms. The number of thioether (sulfide) groups is 1. The number of carbonyl (C=O) groups is 3. The van der Waals surface area contributed by atoms with Gasteiger partial charge in [-0.15, -0.1) is 0 Å². The van der Waals surface area contributed by atoms with Gasteiger partial charge in [0.2, 0.25) is 5.91 Å². The van der Waals surface area contributed by atoms with E-state index in [0.717, 1.165) is 11.8 Å². The summed E-state index contributed by atoms with van der Waals surface area (Å²) in [6, 6.07) is -0.447. The zero-order valence-corrected chi connectivity index (χ0v) is 9.51.